The van der Waals surface area contributed by atoms with E-state index in [9.17, 15) is 9.90 Å². The van der Waals surface area contributed by atoms with Crippen LogP contribution in [0.5, 0.6) is 0 Å². The first kappa shape index (κ1) is 14.5. The summed E-state index contributed by atoms with van der Waals surface area (Å²) in [6.45, 7) is 2.14. The molecule has 2 aromatic heterocycles. The van der Waals surface area contributed by atoms with Gasteiger partial charge in [0, 0.05) is 25.1 Å². The molecule has 0 aromatic carbocycles. The molecule has 114 valence electrons. The topological polar surface area (TPSA) is 66.6 Å². The number of carbonyl (C=O) groups excluding carboxylic acids is 1. The molecule has 1 atom stereocenters. The lowest BCUT2D eigenvalue weighted by molar-refractivity contribution is -0.0143. The van der Waals surface area contributed by atoms with Gasteiger partial charge in [0.1, 0.15) is 4.88 Å². The zero-order valence-corrected chi connectivity index (χ0v) is 13.0. The van der Waals surface area contributed by atoms with Crippen molar-refractivity contribution in [3.05, 3.63) is 23.5 Å². The molecule has 0 spiro atoms. The maximum absolute atomic E-state index is 12.2. The number of aromatic nitrogens is 2. The molecule has 0 saturated heterocycles. The zero-order chi connectivity index (χ0) is 14.9. The Morgan fingerprint density at radius 1 is 1.52 bits per heavy atom. The van der Waals surface area contributed by atoms with Gasteiger partial charge < -0.3 is 10.4 Å². The minimum Gasteiger partial charge on any atom is -0.388 e. The SMILES string of the molecule is CC(O)(CNC(=O)c1cn2ccnc2s1)C1CCCCC1. The molecule has 5 nitrogen and oxygen atoms in total. The van der Waals surface area contributed by atoms with Crippen molar-refractivity contribution >= 4 is 22.2 Å². The molecule has 1 aliphatic rings. The number of thiazole rings is 1. The summed E-state index contributed by atoms with van der Waals surface area (Å²) in [6.07, 6.45) is 11.0. The fraction of sp³-hybridized carbons (Fsp3) is 0.600. The maximum atomic E-state index is 12.2. The first-order valence-corrected chi connectivity index (χ1v) is 8.31. The van der Waals surface area contributed by atoms with Gasteiger partial charge in [-0.05, 0) is 25.7 Å². The third-order valence-corrected chi connectivity index (χ3v) is 5.42. The Kier molecular flexibility index (Phi) is 3.99. The van der Waals surface area contributed by atoms with Crippen LogP contribution in [0.4, 0.5) is 0 Å². The summed E-state index contributed by atoms with van der Waals surface area (Å²) in [5.41, 5.74) is -0.826. The van der Waals surface area contributed by atoms with Gasteiger partial charge in [-0.15, -0.1) is 0 Å². The van der Waals surface area contributed by atoms with Gasteiger partial charge in [-0.1, -0.05) is 30.6 Å². The average Bonchev–Trinajstić information content (AvgIpc) is 3.07. The standard InChI is InChI=1S/C15H21N3O2S/c1-15(20,11-5-3-2-4-6-11)10-17-13(19)12-9-18-8-7-16-14(18)21-12/h7-9,11,20H,2-6,10H2,1H3,(H,17,19). The van der Waals surface area contributed by atoms with Gasteiger partial charge in [0.2, 0.25) is 0 Å². The van der Waals surface area contributed by atoms with Gasteiger partial charge in [-0.3, -0.25) is 9.20 Å². The van der Waals surface area contributed by atoms with E-state index in [1.807, 2.05) is 17.5 Å². The lowest BCUT2D eigenvalue weighted by Crippen LogP contribution is -2.46. The number of imidazole rings is 1. The first-order chi connectivity index (χ1) is 10.1. The van der Waals surface area contributed by atoms with E-state index in [4.69, 9.17) is 0 Å². The number of hydrogen-bond acceptors (Lipinski definition) is 4. The Hall–Kier alpha value is -1.40. The summed E-state index contributed by atoms with van der Waals surface area (Å²) in [5, 5.41) is 13.5. The summed E-state index contributed by atoms with van der Waals surface area (Å²) in [7, 11) is 0. The zero-order valence-electron chi connectivity index (χ0n) is 12.2. The lowest BCUT2D eigenvalue weighted by Gasteiger charge is -2.35. The fourth-order valence-corrected chi connectivity index (χ4v) is 3.91. The van der Waals surface area contributed by atoms with Crippen molar-refractivity contribution in [2.45, 2.75) is 44.6 Å². The van der Waals surface area contributed by atoms with Crippen molar-refractivity contribution in [1.82, 2.24) is 14.7 Å². The van der Waals surface area contributed by atoms with Gasteiger partial charge in [-0.2, -0.15) is 0 Å². The average molecular weight is 307 g/mol. The molecule has 1 amide bonds. The summed E-state index contributed by atoms with van der Waals surface area (Å²) >= 11 is 1.36. The number of rotatable bonds is 4. The smallest absolute Gasteiger partial charge is 0.263 e. The van der Waals surface area contributed by atoms with Crippen molar-refractivity contribution < 1.29 is 9.90 Å². The molecular formula is C15H21N3O2S. The molecule has 3 rings (SSSR count). The quantitative estimate of drug-likeness (QED) is 0.912. The Bertz CT molecular complexity index is 597. The molecule has 21 heavy (non-hydrogen) atoms. The molecule has 1 aliphatic carbocycles. The van der Waals surface area contributed by atoms with E-state index in [1.54, 1.807) is 12.4 Å². The highest BCUT2D eigenvalue weighted by Crippen LogP contribution is 2.32. The predicted molar refractivity (Wildman–Crippen MR) is 82.6 cm³/mol. The molecule has 2 aromatic rings. The van der Waals surface area contributed by atoms with Gasteiger partial charge in [-0.25, -0.2) is 4.98 Å². The van der Waals surface area contributed by atoms with Crippen LogP contribution in [0.25, 0.3) is 4.96 Å². The van der Waals surface area contributed by atoms with Crippen LogP contribution in [0, 0.1) is 5.92 Å². The van der Waals surface area contributed by atoms with Crippen LogP contribution in [0.15, 0.2) is 18.6 Å². The van der Waals surface area contributed by atoms with E-state index >= 15 is 0 Å². The van der Waals surface area contributed by atoms with E-state index in [-0.39, 0.29) is 11.8 Å². The predicted octanol–water partition coefficient (Wildman–Crippen LogP) is 2.46. The van der Waals surface area contributed by atoms with Crippen molar-refractivity contribution in [2.75, 3.05) is 6.54 Å². The number of hydrogen-bond donors (Lipinski definition) is 2. The summed E-state index contributed by atoms with van der Waals surface area (Å²) in [6, 6.07) is 0. The molecule has 0 radical (unpaired) electrons. The first-order valence-electron chi connectivity index (χ1n) is 7.49. The number of amides is 1. The van der Waals surface area contributed by atoms with Crippen LogP contribution in [0.1, 0.15) is 48.7 Å². The molecule has 0 aliphatic heterocycles. The van der Waals surface area contributed by atoms with Crippen molar-refractivity contribution in [2.24, 2.45) is 5.92 Å². The van der Waals surface area contributed by atoms with Gasteiger partial charge in [0.05, 0.1) is 5.60 Å². The van der Waals surface area contributed by atoms with E-state index in [2.05, 4.69) is 10.3 Å². The van der Waals surface area contributed by atoms with Gasteiger partial charge in [0.25, 0.3) is 5.91 Å². The minimum atomic E-state index is -0.826. The van der Waals surface area contributed by atoms with Crippen LogP contribution in [-0.2, 0) is 0 Å². The lowest BCUT2D eigenvalue weighted by atomic mass is 9.78. The number of nitrogens with zero attached hydrogens (tertiary/aromatic N) is 2. The highest BCUT2D eigenvalue weighted by Gasteiger charge is 2.33. The van der Waals surface area contributed by atoms with Crippen LogP contribution in [0.2, 0.25) is 0 Å². The highest BCUT2D eigenvalue weighted by molar-refractivity contribution is 7.18. The van der Waals surface area contributed by atoms with E-state index in [0.29, 0.717) is 11.4 Å². The van der Waals surface area contributed by atoms with E-state index in [1.165, 1.54) is 30.6 Å². The van der Waals surface area contributed by atoms with Crippen LogP contribution < -0.4 is 5.32 Å². The van der Waals surface area contributed by atoms with Gasteiger partial charge >= 0.3 is 0 Å². The molecule has 1 fully saturated rings. The van der Waals surface area contributed by atoms with Gasteiger partial charge in [0.15, 0.2) is 4.96 Å². The molecule has 0 bridgehead atoms. The Balaban J connectivity index is 1.60. The summed E-state index contributed by atoms with van der Waals surface area (Å²) in [4.78, 5) is 17.8. The molecule has 2 heterocycles. The van der Waals surface area contributed by atoms with E-state index < -0.39 is 5.60 Å². The third-order valence-electron chi connectivity index (χ3n) is 4.41. The van der Waals surface area contributed by atoms with Crippen molar-refractivity contribution in [1.29, 1.82) is 0 Å². The fourth-order valence-electron chi connectivity index (χ4n) is 3.05. The molecular weight excluding hydrogens is 286 g/mol. The molecule has 6 heteroatoms. The van der Waals surface area contributed by atoms with Crippen molar-refractivity contribution in [3.63, 3.8) is 0 Å². The largest absolute Gasteiger partial charge is 0.388 e. The van der Waals surface area contributed by atoms with Crippen LogP contribution in [-0.4, -0.2) is 32.5 Å². The normalized spacial score (nSPS) is 19.5. The second kappa shape index (κ2) is 5.77. The Labute approximate surface area is 128 Å². The van der Waals surface area contributed by atoms with Crippen LogP contribution >= 0.6 is 11.3 Å². The Morgan fingerprint density at radius 2 is 2.29 bits per heavy atom. The highest BCUT2D eigenvalue weighted by atomic mass is 32.1. The van der Waals surface area contributed by atoms with E-state index in [0.717, 1.165) is 17.8 Å². The second-order valence-electron chi connectivity index (χ2n) is 6.09. The van der Waals surface area contributed by atoms with Crippen LogP contribution in [0.3, 0.4) is 0 Å². The number of carbonyl (C=O) groups is 1. The van der Waals surface area contributed by atoms with Crippen molar-refractivity contribution in [3.8, 4) is 0 Å². The maximum Gasteiger partial charge on any atom is 0.263 e. The minimum absolute atomic E-state index is 0.137. The number of nitrogens with one attached hydrogen (secondary N) is 1. The molecule has 1 unspecified atom stereocenters. The molecule has 1 saturated carbocycles. The summed E-state index contributed by atoms with van der Waals surface area (Å²) in [5.74, 6) is 0.147. The monoisotopic (exact) mass is 307 g/mol. The molecule has 2 N–H and O–H groups in total. The second-order valence-corrected chi connectivity index (χ2v) is 7.10. The number of aliphatic hydroxyl groups is 1. The third kappa shape index (κ3) is 3.11. The summed E-state index contributed by atoms with van der Waals surface area (Å²) < 4.78 is 1.83. The Morgan fingerprint density at radius 3 is 3.00 bits per heavy atom. The number of fused-ring (bicyclic) bond motifs is 1.